The van der Waals surface area contributed by atoms with Gasteiger partial charge in [-0.3, -0.25) is 9.59 Å². The molecule has 0 bridgehead atoms. The molecule has 0 unspecified atom stereocenters. The summed E-state index contributed by atoms with van der Waals surface area (Å²) >= 11 is 0. The Morgan fingerprint density at radius 2 is 0.716 bits per heavy atom. The summed E-state index contributed by atoms with van der Waals surface area (Å²) in [6.45, 7) is 6.16. The third-order valence-corrected chi connectivity index (χ3v) is 12.6. The Bertz CT molecular complexity index is 3230. The number of ether oxygens (including phenoxy) is 4. The smallest absolute Gasteiger partial charge is 0.193 e. The molecule has 0 heterocycles. The second-order valence-electron chi connectivity index (χ2n) is 16.9. The summed E-state index contributed by atoms with van der Waals surface area (Å²) in [6, 6.07) is 66.6. The number of hydrogen-bond donors (Lipinski definition) is 0. The lowest BCUT2D eigenvalue weighted by Crippen LogP contribution is -2.28. The number of methoxy groups -OCH3 is 1. The molecule has 1 aliphatic rings. The SMILES string of the molecule is COc1ccc(C2(c3ccc(Oc4ccc(C(=O)c5ccc(Oc6ccc(Oc7ccc(C(=O)c8ccc(C)cc8)cc7)cc6)cc5)cc4)c(C)c3)c3ccccc3-c3ccccc32)cc1C. The van der Waals surface area contributed by atoms with Gasteiger partial charge < -0.3 is 18.9 Å². The number of hydrogen-bond acceptors (Lipinski definition) is 6. The zero-order valence-electron chi connectivity index (χ0n) is 37.6. The maximum absolute atomic E-state index is 13.6. The van der Waals surface area contributed by atoms with Crippen LogP contribution in [0.3, 0.4) is 0 Å². The largest absolute Gasteiger partial charge is 0.496 e. The Morgan fingerprint density at radius 1 is 0.373 bits per heavy atom. The molecular formula is C61H46O6. The quantitative estimate of drug-likeness (QED) is 0.107. The van der Waals surface area contributed by atoms with Gasteiger partial charge in [0.1, 0.15) is 40.2 Å². The van der Waals surface area contributed by atoms with Crippen LogP contribution in [0.1, 0.15) is 70.8 Å². The summed E-state index contributed by atoms with van der Waals surface area (Å²) < 4.78 is 24.2. The molecule has 0 saturated carbocycles. The van der Waals surface area contributed by atoms with Crippen molar-refractivity contribution in [1.29, 1.82) is 0 Å². The molecule has 0 radical (unpaired) electrons. The molecule has 9 aromatic rings. The summed E-state index contributed by atoms with van der Waals surface area (Å²) in [5.41, 5.74) is 12.2. The lowest BCUT2D eigenvalue weighted by atomic mass is 9.67. The highest BCUT2D eigenvalue weighted by molar-refractivity contribution is 6.09. The molecule has 0 atom stereocenters. The Kier molecular flexibility index (Phi) is 11.3. The molecule has 0 spiro atoms. The Hall–Kier alpha value is -8.48. The zero-order chi connectivity index (χ0) is 46.1. The molecule has 6 heteroatoms. The van der Waals surface area contributed by atoms with Gasteiger partial charge in [0.25, 0.3) is 0 Å². The summed E-state index contributed by atoms with van der Waals surface area (Å²) in [4.78, 5) is 26.4. The molecule has 67 heavy (non-hydrogen) atoms. The highest BCUT2D eigenvalue weighted by Gasteiger charge is 2.46. The van der Waals surface area contributed by atoms with Crippen LogP contribution in [-0.2, 0) is 5.41 Å². The first-order valence-electron chi connectivity index (χ1n) is 22.2. The van der Waals surface area contributed by atoms with Crippen molar-refractivity contribution in [3.8, 4) is 51.4 Å². The molecule has 0 N–H and O–H groups in total. The number of rotatable bonds is 13. The summed E-state index contributed by atoms with van der Waals surface area (Å²) in [6.07, 6.45) is 0. The van der Waals surface area contributed by atoms with E-state index in [1.54, 1.807) is 67.8 Å². The monoisotopic (exact) mass is 874 g/mol. The van der Waals surface area contributed by atoms with Gasteiger partial charge in [0.05, 0.1) is 12.5 Å². The summed E-state index contributed by atoms with van der Waals surface area (Å²) in [7, 11) is 1.71. The van der Waals surface area contributed by atoms with Crippen LogP contribution >= 0.6 is 0 Å². The second-order valence-corrected chi connectivity index (χ2v) is 16.9. The minimum Gasteiger partial charge on any atom is -0.496 e. The van der Waals surface area contributed by atoms with Gasteiger partial charge in [0.15, 0.2) is 11.6 Å². The Labute approximate surface area is 390 Å². The van der Waals surface area contributed by atoms with Crippen LogP contribution in [0.25, 0.3) is 11.1 Å². The molecule has 1 aliphatic carbocycles. The zero-order valence-corrected chi connectivity index (χ0v) is 37.6. The molecule has 0 saturated heterocycles. The molecule has 10 rings (SSSR count). The van der Waals surface area contributed by atoms with E-state index in [4.69, 9.17) is 18.9 Å². The van der Waals surface area contributed by atoms with E-state index in [-0.39, 0.29) is 11.6 Å². The molecule has 9 aromatic carbocycles. The van der Waals surface area contributed by atoms with Crippen molar-refractivity contribution in [1.82, 2.24) is 0 Å². The Balaban J connectivity index is 0.796. The normalized spacial score (nSPS) is 12.1. The first-order valence-corrected chi connectivity index (χ1v) is 22.2. The molecular weight excluding hydrogens is 829 g/mol. The minimum absolute atomic E-state index is 0.0348. The molecule has 6 nitrogen and oxygen atoms in total. The van der Waals surface area contributed by atoms with Crippen molar-refractivity contribution < 1.29 is 28.5 Å². The van der Waals surface area contributed by atoms with Gasteiger partial charge in [-0.05, 0) is 174 Å². The molecule has 326 valence electrons. The third kappa shape index (κ3) is 8.15. The van der Waals surface area contributed by atoms with Gasteiger partial charge in [-0.25, -0.2) is 0 Å². The van der Waals surface area contributed by atoms with E-state index in [0.717, 1.165) is 33.8 Å². The standard InChI is InChI=1S/C61H46O6/c1-39-13-15-42(16-14-39)59(62)43-17-25-48(26-18-43)65-50-31-33-51(34-32-50)66-49-27-19-44(20-28-49)60(63)45-21-29-52(30-22-45)67-58-36-24-47(38-41(58)3)61(46-23-35-57(64-4)40(2)37-46)55-11-7-5-9-53(55)54-10-6-8-12-56(54)61/h5-38H,1-4H3. The summed E-state index contributed by atoms with van der Waals surface area (Å²) in [5, 5.41) is 0. The van der Waals surface area contributed by atoms with Crippen molar-refractivity contribution in [2.75, 3.05) is 7.11 Å². The van der Waals surface area contributed by atoms with E-state index in [2.05, 4.69) is 98.8 Å². The van der Waals surface area contributed by atoms with Crippen LogP contribution < -0.4 is 18.9 Å². The van der Waals surface area contributed by atoms with Crippen molar-refractivity contribution in [2.45, 2.75) is 26.2 Å². The van der Waals surface area contributed by atoms with Gasteiger partial charge >= 0.3 is 0 Å². The predicted octanol–water partition coefficient (Wildman–Crippen LogP) is 14.8. The fourth-order valence-electron chi connectivity index (χ4n) is 9.17. The van der Waals surface area contributed by atoms with E-state index >= 15 is 0 Å². The topological polar surface area (TPSA) is 71.1 Å². The maximum atomic E-state index is 13.6. The van der Waals surface area contributed by atoms with Crippen LogP contribution in [0.4, 0.5) is 0 Å². The first-order chi connectivity index (χ1) is 32.7. The number of benzene rings is 9. The fourth-order valence-corrected chi connectivity index (χ4v) is 9.17. The number of fused-ring (bicyclic) bond motifs is 3. The highest BCUT2D eigenvalue weighted by atomic mass is 16.5. The van der Waals surface area contributed by atoms with Crippen molar-refractivity contribution >= 4 is 11.6 Å². The van der Waals surface area contributed by atoms with Gasteiger partial charge in [-0.2, -0.15) is 0 Å². The van der Waals surface area contributed by atoms with Crippen molar-refractivity contribution in [3.63, 3.8) is 0 Å². The van der Waals surface area contributed by atoms with E-state index in [1.807, 2.05) is 67.6 Å². The molecule has 0 amide bonds. The van der Waals surface area contributed by atoms with Gasteiger partial charge in [-0.1, -0.05) is 103 Å². The van der Waals surface area contributed by atoms with E-state index in [0.29, 0.717) is 51.0 Å². The van der Waals surface area contributed by atoms with Crippen LogP contribution in [0.15, 0.2) is 206 Å². The van der Waals surface area contributed by atoms with E-state index in [9.17, 15) is 9.59 Å². The average molecular weight is 875 g/mol. The number of aryl methyl sites for hydroxylation is 3. The summed E-state index contributed by atoms with van der Waals surface area (Å²) in [5.74, 6) is 4.53. The average Bonchev–Trinajstić information content (AvgIpc) is 3.67. The highest BCUT2D eigenvalue weighted by Crippen LogP contribution is 2.56. The van der Waals surface area contributed by atoms with Crippen molar-refractivity contribution in [2.24, 2.45) is 0 Å². The van der Waals surface area contributed by atoms with Crippen LogP contribution in [0.5, 0.6) is 40.2 Å². The van der Waals surface area contributed by atoms with Crippen LogP contribution in [0.2, 0.25) is 0 Å². The van der Waals surface area contributed by atoms with Gasteiger partial charge in [-0.15, -0.1) is 0 Å². The molecule has 0 fully saturated rings. The van der Waals surface area contributed by atoms with E-state index < -0.39 is 5.41 Å². The van der Waals surface area contributed by atoms with Crippen LogP contribution in [-0.4, -0.2) is 18.7 Å². The van der Waals surface area contributed by atoms with E-state index in [1.165, 1.54) is 27.8 Å². The van der Waals surface area contributed by atoms with Gasteiger partial charge in [0, 0.05) is 22.3 Å². The number of ketones is 2. The fraction of sp³-hybridized carbons (Fsp3) is 0.0820. The lowest BCUT2D eigenvalue weighted by molar-refractivity contribution is 0.103. The predicted molar refractivity (Wildman–Crippen MR) is 264 cm³/mol. The molecule has 0 aromatic heterocycles. The van der Waals surface area contributed by atoms with Crippen LogP contribution in [0, 0.1) is 20.8 Å². The van der Waals surface area contributed by atoms with Gasteiger partial charge in [0.2, 0.25) is 0 Å². The number of carbonyl (C=O) groups is 2. The number of carbonyl (C=O) groups excluding carboxylic acids is 2. The Morgan fingerprint density at radius 3 is 1.10 bits per heavy atom. The first kappa shape index (κ1) is 42.5. The van der Waals surface area contributed by atoms with Crippen molar-refractivity contribution in [3.05, 3.63) is 267 Å². The second kappa shape index (κ2) is 17.8. The molecule has 0 aliphatic heterocycles. The minimum atomic E-state index is -0.552. The lowest BCUT2D eigenvalue weighted by Gasteiger charge is -2.34. The maximum Gasteiger partial charge on any atom is 0.193 e. The third-order valence-electron chi connectivity index (χ3n) is 12.6.